The SMILES string of the molecule is CN=C(NCc1cnc(C)s1)NCc1ccnn1C. The van der Waals surface area contributed by atoms with Crippen molar-refractivity contribution in [2.75, 3.05) is 7.05 Å². The summed E-state index contributed by atoms with van der Waals surface area (Å²) in [6.45, 7) is 3.43. The highest BCUT2D eigenvalue weighted by atomic mass is 32.1. The molecule has 2 N–H and O–H groups in total. The predicted molar refractivity (Wildman–Crippen MR) is 77.1 cm³/mol. The summed E-state index contributed by atoms with van der Waals surface area (Å²) in [5, 5.41) is 11.7. The van der Waals surface area contributed by atoms with Gasteiger partial charge < -0.3 is 10.6 Å². The molecule has 0 aliphatic carbocycles. The standard InChI is InChI=1S/C12H18N6S/c1-9-14-7-11(19-9)8-16-12(13-2)15-6-10-4-5-17-18(10)3/h4-5,7H,6,8H2,1-3H3,(H2,13,15,16). The Morgan fingerprint density at radius 1 is 1.42 bits per heavy atom. The predicted octanol–water partition coefficient (Wildman–Crippen LogP) is 1.05. The van der Waals surface area contributed by atoms with Gasteiger partial charge in [0.15, 0.2) is 5.96 Å². The van der Waals surface area contributed by atoms with Crippen molar-refractivity contribution in [3.05, 3.63) is 34.0 Å². The van der Waals surface area contributed by atoms with Gasteiger partial charge in [-0.15, -0.1) is 11.3 Å². The molecule has 2 heterocycles. The Balaban J connectivity index is 1.82. The smallest absolute Gasteiger partial charge is 0.191 e. The molecule has 0 aromatic carbocycles. The third-order valence-electron chi connectivity index (χ3n) is 2.68. The molecule has 102 valence electrons. The van der Waals surface area contributed by atoms with Crippen molar-refractivity contribution in [2.45, 2.75) is 20.0 Å². The molecule has 2 rings (SSSR count). The molecule has 0 saturated heterocycles. The molecule has 0 radical (unpaired) electrons. The second kappa shape index (κ2) is 6.33. The summed E-state index contributed by atoms with van der Waals surface area (Å²) in [5.41, 5.74) is 1.11. The van der Waals surface area contributed by atoms with Crippen LogP contribution in [0.5, 0.6) is 0 Å². The average molecular weight is 278 g/mol. The number of nitrogens with zero attached hydrogens (tertiary/aromatic N) is 4. The Morgan fingerprint density at radius 3 is 2.79 bits per heavy atom. The molecule has 0 atom stereocenters. The van der Waals surface area contributed by atoms with E-state index in [1.54, 1.807) is 24.6 Å². The third kappa shape index (κ3) is 3.78. The largest absolute Gasteiger partial charge is 0.351 e. The minimum Gasteiger partial charge on any atom is -0.351 e. The van der Waals surface area contributed by atoms with E-state index in [4.69, 9.17) is 0 Å². The van der Waals surface area contributed by atoms with Crippen molar-refractivity contribution in [3.8, 4) is 0 Å². The van der Waals surface area contributed by atoms with Gasteiger partial charge in [0.05, 0.1) is 23.8 Å². The maximum absolute atomic E-state index is 4.23. The Bertz CT molecular complexity index is 556. The molecule has 0 spiro atoms. The lowest BCUT2D eigenvalue weighted by Gasteiger charge is -2.11. The van der Waals surface area contributed by atoms with E-state index in [-0.39, 0.29) is 0 Å². The lowest BCUT2D eigenvalue weighted by Crippen LogP contribution is -2.36. The summed E-state index contributed by atoms with van der Waals surface area (Å²) in [5.74, 6) is 0.771. The van der Waals surface area contributed by atoms with Crippen molar-refractivity contribution in [2.24, 2.45) is 12.0 Å². The minimum absolute atomic E-state index is 0.692. The lowest BCUT2D eigenvalue weighted by molar-refractivity contribution is 0.685. The van der Waals surface area contributed by atoms with Crippen LogP contribution in [0, 0.1) is 6.92 Å². The van der Waals surface area contributed by atoms with Crippen LogP contribution in [-0.4, -0.2) is 27.8 Å². The summed E-state index contributed by atoms with van der Waals surface area (Å²) >= 11 is 1.69. The number of hydrogen-bond acceptors (Lipinski definition) is 4. The second-order valence-corrected chi connectivity index (χ2v) is 5.39. The number of aliphatic imine (C=N–C) groups is 1. The van der Waals surface area contributed by atoms with E-state index in [1.807, 2.05) is 30.9 Å². The van der Waals surface area contributed by atoms with Crippen LogP contribution in [0.4, 0.5) is 0 Å². The van der Waals surface area contributed by atoms with E-state index in [9.17, 15) is 0 Å². The van der Waals surface area contributed by atoms with Gasteiger partial charge in [0.25, 0.3) is 0 Å². The maximum Gasteiger partial charge on any atom is 0.191 e. The van der Waals surface area contributed by atoms with Gasteiger partial charge in [-0.25, -0.2) is 4.98 Å². The van der Waals surface area contributed by atoms with Gasteiger partial charge in [0, 0.05) is 31.4 Å². The highest BCUT2D eigenvalue weighted by Crippen LogP contribution is 2.10. The van der Waals surface area contributed by atoms with E-state index in [0.717, 1.165) is 23.2 Å². The van der Waals surface area contributed by atoms with Crippen LogP contribution in [0.3, 0.4) is 0 Å². The van der Waals surface area contributed by atoms with Crippen LogP contribution in [0.15, 0.2) is 23.5 Å². The van der Waals surface area contributed by atoms with Gasteiger partial charge in [-0.1, -0.05) is 0 Å². The molecular formula is C12H18N6S. The van der Waals surface area contributed by atoms with Crippen molar-refractivity contribution in [3.63, 3.8) is 0 Å². The average Bonchev–Trinajstić information content (AvgIpc) is 2.99. The highest BCUT2D eigenvalue weighted by Gasteiger charge is 2.03. The number of rotatable bonds is 4. The fraction of sp³-hybridized carbons (Fsp3) is 0.417. The molecule has 2 aromatic heterocycles. The van der Waals surface area contributed by atoms with Crippen molar-refractivity contribution < 1.29 is 0 Å². The number of nitrogens with one attached hydrogen (secondary N) is 2. The summed E-state index contributed by atoms with van der Waals surface area (Å²) in [7, 11) is 3.68. The van der Waals surface area contributed by atoms with Crippen LogP contribution >= 0.6 is 11.3 Å². The summed E-state index contributed by atoms with van der Waals surface area (Å²) in [6, 6.07) is 1.98. The van der Waals surface area contributed by atoms with Gasteiger partial charge in [-0.3, -0.25) is 9.67 Å². The number of guanidine groups is 1. The molecule has 0 aliphatic rings. The molecule has 0 bridgehead atoms. The normalized spacial score (nSPS) is 11.6. The Hall–Kier alpha value is -1.89. The van der Waals surface area contributed by atoms with E-state index in [0.29, 0.717) is 6.54 Å². The monoisotopic (exact) mass is 278 g/mol. The summed E-state index contributed by atoms with van der Waals surface area (Å²) in [6.07, 6.45) is 3.68. The molecular weight excluding hydrogens is 260 g/mol. The van der Waals surface area contributed by atoms with E-state index >= 15 is 0 Å². The number of aromatic nitrogens is 3. The first-order valence-electron chi connectivity index (χ1n) is 6.01. The van der Waals surface area contributed by atoms with Gasteiger partial charge in [-0.2, -0.15) is 5.10 Å². The fourth-order valence-corrected chi connectivity index (χ4v) is 2.36. The van der Waals surface area contributed by atoms with Crippen LogP contribution in [0.1, 0.15) is 15.6 Å². The first-order valence-corrected chi connectivity index (χ1v) is 6.83. The topological polar surface area (TPSA) is 67.1 Å². The zero-order valence-electron chi connectivity index (χ0n) is 11.3. The second-order valence-electron chi connectivity index (χ2n) is 4.07. The molecule has 6 nitrogen and oxygen atoms in total. The molecule has 7 heteroatoms. The number of hydrogen-bond donors (Lipinski definition) is 2. The molecule has 0 amide bonds. The first kappa shape index (κ1) is 13.5. The van der Waals surface area contributed by atoms with Crippen LogP contribution < -0.4 is 10.6 Å². The van der Waals surface area contributed by atoms with Gasteiger partial charge in [0.2, 0.25) is 0 Å². The van der Waals surface area contributed by atoms with Gasteiger partial charge in [-0.05, 0) is 13.0 Å². The van der Waals surface area contributed by atoms with Gasteiger partial charge >= 0.3 is 0 Å². The molecule has 0 saturated carbocycles. The van der Waals surface area contributed by atoms with E-state index in [1.165, 1.54) is 4.88 Å². The molecule has 19 heavy (non-hydrogen) atoms. The molecule has 2 aromatic rings. The molecule has 0 unspecified atom stereocenters. The maximum atomic E-state index is 4.23. The van der Waals surface area contributed by atoms with Crippen molar-refractivity contribution in [1.29, 1.82) is 0 Å². The summed E-state index contributed by atoms with van der Waals surface area (Å²) in [4.78, 5) is 9.61. The minimum atomic E-state index is 0.692. The number of thiazole rings is 1. The van der Waals surface area contributed by atoms with Crippen LogP contribution in [0.25, 0.3) is 0 Å². The summed E-state index contributed by atoms with van der Waals surface area (Å²) < 4.78 is 1.84. The quantitative estimate of drug-likeness (QED) is 0.648. The number of aryl methyl sites for hydroxylation is 2. The zero-order chi connectivity index (χ0) is 13.7. The van der Waals surface area contributed by atoms with Gasteiger partial charge in [0.1, 0.15) is 0 Å². The van der Waals surface area contributed by atoms with Crippen LogP contribution in [-0.2, 0) is 20.1 Å². The third-order valence-corrected chi connectivity index (χ3v) is 3.59. The Morgan fingerprint density at radius 2 is 2.21 bits per heavy atom. The van der Waals surface area contributed by atoms with Crippen LogP contribution in [0.2, 0.25) is 0 Å². The Kier molecular flexibility index (Phi) is 4.51. The first-order chi connectivity index (χ1) is 9.19. The van der Waals surface area contributed by atoms with E-state index < -0.39 is 0 Å². The highest BCUT2D eigenvalue weighted by molar-refractivity contribution is 7.11. The van der Waals surface area contributed by atoms with Crippen molar-refractivity contribution in [1.82, 2.24) is 25.4 Å². The lowest BCUT2D eigenvalue weighted by atomic mass is 10.4. The Labute approximate surface area is 116 Å². The van der Waals surface area contributed by atoms with E-state index in [2.05, 4.69) is 25.7 Å². The molecule has 0 fully saturated rings. The zero-order valence-corrected chi connectivity index (χ0v) is 12.2. The fourth-order valence-electron chi connectivity index (χ4n) is 1.63. The van der Waals surface area contributed by atoms with Crippen molar-refractivity contribution >= 4 is 17.3 Å². The molecule has 0 aliphatic heterocycles.